The van der Waals surface area contributed by atoms with Crippen LogP contribution in [0.2, 0.25) is 0 Å². The number of Topliss-reactive ketones (excluding diaryl/α,β-unsaturated/α-hetero) is 1. The Morgan fingerprint density at radius 1 is 1.25 bits per heavy atom. The minimum atomic E-state index is -0.226. The van der Waals surface area contributed by atoms with Crippen molar-refractivity contribution < 1.29 is 9.18 Å². The van der Waals surface area contributed by atoms with Crippen LogP contribution < -0.4 is 0 Å². The first-order valence-corrected chi connectivity index (χ1v) is 7.45. The summed E-state index contributed by atoms with van der Waals surface area (Å²) in [4.78, 5) is 16.0. The molecule has 0 fully saturated rings. The number of aryl methyl sites for hydroxylation is 1. The van der Waals surface area contributed by atoms with Crippen LogP contribution in [-0.4, -0.2) is 24.3 Å². The highest BCUT2D eigenvalue weighted by Gasteiger charge is 2.13. The monoisotopic (exact) mass is 291 g/mol. The number of carbonyl (C=O) groups excluding carboxylic acids is 1. The molecule has 1 aromatic carbocycles. The molecule has 0 N–H and O–H groups in total. The molecule has 0 aliphatic heterocycles. The zero-order valence-electron chi connectivity index (χ0n) is 11.7. The lowest BCUT2D eigenvalue weighted by atomic mass is 10.2. The van der Waals surface area contributed by atoms with Crippen molar-refractivity contribution in [3.8, 4) is 0 Å². The van der Waals surface area contributed by atoms with E-state index in [9.17, 15) is 9.18 Å². The van der Waals surface area contributed by atoms with E-state index >= 15 is 0 Å². The van der Waals surface area contributed by atoms with Crippen molar-refractivity contribution in [3.63, 3.8) is 0 Å². The van der Waals surface area contributed by atoms with E-state index in [-0.39, 0.29) is 11.6 Å². The summed E-state index contributed by atoms with van der Waals surface area (Å²) in [5, 5.41) is 0. The van der Waals surface area contributed by atoms with Crippen LogP contribution in [0.5, 0.6) is 0 Å². The van der Waals surface area contributed by atoms with Gasteiger partial charge in [-0.25, -0.2) is 4.39 Å². The van der Waals surface area contributed by atoms with Crippen LogP contribution in [0, 0.1) is 5.82 Å². The Balaban J connectivity index is 1.96. The van der Waals surface area contributed by atoms with Crippen LogP contribution in [0.4, 0.5) is 4.39 Å². The molecule has 2 rings (SSSR count). The Bertz CT molecular complexity index is 594. The summed E-state index contributed by atoms with van der Waals surface area (Å²) in [6.07, 6.45) is 0.947. The maximum atomic E-state index is 13.5. The second-order valence-electron chi connectivity index (χ2n) is 4.81. The van der Waals surface area contributed by atoms with Gasteiger partial charge in [-0.2, -0.15) is 0 Å². The molecule has 0 saturated carbocycles. The third kappa shape index (κ3) is 3.74. The number of hydrogen-bond donors (Lipinski definition) is 0. The van der Waals surface area contributed by atoms with Crippen LogP contribution in [0.15, 0.2) is 36.4 Å². The summed E-state index contributed by atoms with van der Waals surface area (Å²) in [7, 11) is 1.83. The van der Waals surface area contributed by atoms with Gasteiger partial charge in [0.1, 0.15) is 5.82 Å². The van der Waals surface area contributed by atoms with Crippen molar-refractivity contribution in [2.75, 3.05) is 13.6 Å². The third-order valence-electron chi connectivity index (χ3n) is 3.10. The number of thiophene rings is 1. The fourth-order valence-corrected chi connectivity index (χ4v) is 2.89. The molecule has 1 aromatic heterocycles. The van der Waals surface area contributed by atoms with E-state index in [1.165, 1.54) is 10.9 Å². The first-order chi connectivity index (χ1) is 9.60. The maximum Gasteiger partial charge on any atom is 0.186 e. The van der Waals surface area contributed by atoms with Crippen LogP contribution in [-0.2, 0) is 13.0 Å². The number of ketones is 1. The van der Waals surface area contributed by atoms with Gasteiger partial charge in [0.05, 0.1) is 11.4 Å². The minimum absolute atomic E-state index is 0.0912. The molecule has 2 nitrogen and oxygen atoms in total. The lowest BCUT2D eigenvalue weighted by molar-refractivity contribution is 0.0946. The van der Waals surface area contributed by atoms with E-state index in [4.69, 9.17) is 0 Å². The molecule has 20 heavy (non-hydrogen) atoms. The summed E-state index contributed by atoms with van der Waals surface area (Å²) >= 11 is 1.54. The number of nitrogens with zero attached hydrogens (tertiary/aromatic N) is 1. The predicted molar refractivity (Wildman–Crippen MR) is 80.8 cm³/mol. The smallest absolute Gasteiger partial charge is 0.186 e. The van der Waals surface area contributed by atoms with Crippen molar-refractivity contribution >= 4 is 17.1 Å². The summed E-state index contributed by atoms with van der Waals surface area (Å²) in [6.45, 7) is 2.81. The minimum Gasteiger partial charge on any atom is -0.294 e. The van der Waals surface area contributed by atoms with E-state index in [1.54, 1.807) is 29.5 Å². The highest BCUT2D eigenvalue weighted by Crippen LogP contribution is 2.18. The molecule has 0 unspecified atom stereocenters. The van der Waals surface area contributed by atoms with Crippen molar-refractivity contribution in [1.82, 2.24) is 4.90 Å². The molecule has 0 spiro atoms. The van der Waals surface area contributed by atoms with Gasteiger partial charge in [0.2, 0.25) is 0 Å². The summed E-state index contributed by atoms with van der Waals surface area (Å²) in [6, 6.07) is 10.5. The number of likely N-dealkylation sites (N-methyl/N-ethyl adjacent to an activating group) is 1. The maximum absolute atomic E-state index is 13.5. The van der Waals surface area contributed by atoms with Gasteiger partial charge in [0.15, 0.2) is 5.78 Å². The second kappa shape index (κ2) is 6.77. The van der Waals surface area contributed by atoms with Gasteiger partial charge in [0.25, 0.3) is 0 Å². The fraction of sp³-hybridized carbons (Fsp3) is 0.312. The molecule has 0 radical (unpaired) electrons. The number of halogens is 1. The topological polar surface area (TPSA) is 20.3 Å². The molecule has 2 aromatic rings. The van der Waals surface area contributed by atoms with Crippen LogP contribution >= 0.6 is 11.3 Å². The molecule has 0 atom stereocenters. The standard InChI is InChI=1S/C16H18FNOS/c1-3-13-8-9-16(20-13)15(19)11-18(2)10-12-6-4-5-7-14(12)17/h4-9H,3,10-11H2,1-2H3. The van der Waals surface area contributed by atoms with Crippen LogP contribution in [0.1, 0.15) is 27.0 Å². The van der Waals surface area contributed by atoms with Gasteiger partial charge in [-0.05, 0) is 31.7 Å². The summed E-state index contributed by atoms with van der Waals surface area (Å²) < 4.78 is 13.5. The number of benzene rings is 1. The van der Waals surface area contributed by atoms with E-state index < -0.39 is 0 Å². The molecule has 0 saturated heterocycles. The zero-order chi connectivity index (χ0) is 14.5. The highest BCUT2D eigenvalue weighted by atomic mass is 32.1. The normalized spacial score (nSPS) is 11.0. The SMILES string of the molecule is CCc1ccc(C(=O)CN(C)Cc2ccccc2F)s1. The quantitative estimate of drug-likeness (QED) is 0.755. The molecule has 0 bridgehead atoms. The molecule has 106 valence electrons. The molecule has 0 aliphatic carbocycles. The van der Waals surface area contributed by atoms with Gasteiger partial charge >= 0.3 is 0 Å². The van der Waals surface area contributed by atoms with E-state index in [2.05, 4.69) is 6.92 Å². The number of rotatable bonds is 6. The van der Waals surface area contributed by atoms with Crippen molar-refractivity contribution in [1.29, 1.82) is 0 Å². The van der Waals surface area contributed by atoms with Gasteiger partial charge in [-0.15, -0.1) is 11.3 Å². The molecule has 0 aliphatic rings. The Morgan fingerprint density at radius 2 is 2.00 bits per heavy atom. The van der Waals surface area contributed by atoms with E-state index in [1.807, 2.05) is 24.1 Å². The highest BCUT2D eigenvalue weighted by molar-refractivity contribution is 7.14. The van der Waals surface area contributed by atoms with Gasteiger partial charge in [-0.3, -0.25) is 9.69 Å². The van der Waals surface area contributed by atoms with E-state index in [0.717, 1.165) is 11.3 Å². The lowest BCUT2D eigenvalue weighted by Crippen LogP contribution is -2.25. The largest absolute Gasteiger partial charge is 0.294 e. The van der Waals surface area contributed by atoms with Crippen molar-refractivity contribution in [2.45, 2.75) is 19.9 Å². The average Bonchev–Trinajstić information content (AvgIpc) is 2.90. The molecular weight excluding hydrogens is 273 g/mol. The molecule has 4 heteroatoms. The second-order valence-corrected chi connectivity index (χ2v) is 5.97. The Morgan fingerprint density at radius 3 is 2.65 bits per heavy atom. The van der Waals surface area contributed by atoms with Gasteiger partial charge < -0.3 is 0 Å². The molecule has 0 amide bonds. The summed E-state index contributed by atoms with van der Waals surface area (Å²) in [5.41, 5.74) is 0.614. The Labute approximate surface area is 122 Å². The average molecular weight is 291 g/mol. The first kappa shape index (κ1) is 14.9. The van der Waals surface area contributed by atoms with Gasteiger partial charge in [0, 0.05) is 17.0 Å². The molecule has 1 heterocycles. The van der Waals surface area contributed by atoms with Crippen LogP contribution in [0.3, 0.4) is 0 Å². The third-order valence-corrected chi connectivity index (χ3v) is 4.37. The number of carbonyl (C=O) groups is 1. The van der Waals surface area contributed by atoms with Crippen LogP contribution in [0.25, 0.3) is 0 Å². The molecular formula is C16H18FNOS. The van der Waals surface area contributed by atoms with E-state index in [0.29, 0.717) is 18.7 Å². The van der Waals surface area contributed by atoms with Crippen molar-refractivity contribution in [2.24, 2.45) is 0 Å². The summed E-state index contributed by atoms with van der Waals surface area (Å²) in [5.74, 6) is -0.135. The first-order valence-electron chi connectivity index (χ1n) is 6.64. The van der Waals surface area contributed by atoms with Gasteiger partial charge in [-0.1, -0.05) is 25.1 Å². The lowest BCUT2D eigenvalue weighted by Gasteiger charge is -2.15. The Hall–Kier alpha value is -1.52. The van der Waals surface area contributed by atoms with Crippen molar-refractivity contribution in [3.05, 3.63) is 57.5 Å². The zero-order valence-corrected chi connectivity index (χ0v) is 12.5. The number of hydrogen-bond acceptors (Lipinski definition) is 3. The predicted octanol–water partition coefficient (Wildman–Crippen LogP) is 3.76. The fourth-order valence-electron chi connectivity index (χ4n) is 2.01. The Kier molecular flexibility index (Phi) is 5.04.